The van der Waals surface area contributed by atoms with Gasteiger partial charge in [0, 0.05) is 42.0 Å². The van der Waals surface area contributed by atoms with Crippen molar-refractivity contribution in [1.82, 2.24) is 25.4 Å². The maximum Gasteiger partial charge on any atom is 0.256 e. The monoisotopic (exact) mass is 376 g/mol. The minimum atomic E-state index is -0.554. The van der Waals surface area contributed by atoms with Crippen LogP contribution in [-0.4, -0.2) is 32.6 Å². The lowest BCUT2D eigenvalue weighted by atomic mass is 10.1. The second kappa shape index (κ2) is 7.61. The summed E-state index contributed by atoms with van der Waals surface area (Å²) in [7, 11) is 0. The van der Waals surface area contributed by atoms with Crippen LogP contribution in [0.3, 0.4) is 0 Å². The van der Waals surface area contributed by atoms with Crippen molar-refractivity contribution < 1.29 is 9.59 Å². The highest BCUT2D eigenvalue weighted by Crippen LogP contribution is 2.25. The quantitative estimate of drug-likeness (QED) is 0.648. The number of rotatable bonds is 4. The van der Waals surface area contributed by atoms with E-state index in [1.54, 1.807) is 35.3 Å². The predicted molar refractivity (Wildman–Crippen MR) is 104 cm³/mol. The Morgan fingerprint density at radius 1 is 1.18 bits per heavy atom. The minimum absolute atomic E-state index is 0.00752. The normalized spacial score (nSPS) is 19.1. The summed E-state index contributed by atoms with van der Waals surface area (Å²) in [6.07, 6.45) is 2.96. The van der Waals surface area contributed by atoms with Crippen LogP contribution in [0.15, 0.2) is 60.9 Å². The summed E-state index contributed by atoms with van der Waals surface area (Å²) in [4.78, 5) is 28.6. The van der Waals surface area contributed by atoms with E-state index >= 15 is 0 Å². The zero-order valence-electron chi connectivity index (χ0n) is 15.3. The van der Waals surface area contributed by atoms with Gasteiger partial charge in [-0.1, -0.05) is 30.3 Å². The number of benzene rings is 1. The van der Waals surface area contributed by atoms with E-state index in [4.69, 9.17) is 0 Å². The average Bonchev–Trinajstić information content (AvgIpc) is 3.12. The highest BCUT2D eigenvalue weighted by Gasteiger charge is 2.27. The lowest BCUT2D eigenvalue weighted by Gasteiger charge is -2.30. The summed E-state index contributed by atoms with van der Waals surface area (Å²) < 4.78 is 1.59. The first-order valence-electron chi connectivity index (χ1n) is 9.02. The van der Waals surface area contributed by atoms with Gasteiger partial charge in [0.2, 0.25) is 5.91 Å². The van der Waals surface area contributed by atoms with Crippen molar-refractivity contribution >= 4 is 17.6 Å². The molecule has 8 heteroatoms. The number of carbonyl (C=O) groups excluding carboxylic acids is 2. The molecule has 4 rings (SSSR count). The Labute approximate surface area is 162 Å². The maximum atomic E-state index is 12.6. The second-order valence-corrected chi connectivity index (χ2v) is 6.66. The third kappa shape index (κ3) is 3.77. The van der Waals surface area contributed by atoms with Crippen LogP contribution in [0.2, 0.25) is 0 Å². The molecule has 0 spiro atoms. The van der Waals surface area contributed by atoms with Gasteiger partial charge in [-0.15, -0.1) is 0 Å². The summed E-state index contributed by atoms with van der Waals surface area (Å²) >= 11 is 0. The van der Waals surface area contributed by atoms with Gasteiger partial charge in [0.15, 0.2) is 6.29 Å². The van der Waals surface area contributed by atoms with Gasteiger partial charge in [0.25, 0.3) is 5.91 Å². The van der Waals surface area contributed by atoms with E-state index in [0.717, 1.165) is 5.56 Å². The van der Waals surface area contributed by atoms with Crippen LogP contribution < -0.4 is 16.0 Å². The molecule has 3 heterocycles. The molecule has 1 aromatic carbocycles. The first-order chi connectivity index (χ1) is 13.6. The van der Waals surface area contributed by atoms with Gasteiger partial charge in [-0.25, -0.2) is 4.68 Å². The van der Waals surface area contributed by atoms with Crippen molar-refractivity contribution in [3.63, 3.8) is 0 Å². The number of anilines is 1. The number of hydrogen-bond donors (Lipinski definition) is 3. The summed E-state index contributed by atoms with van der Waals surface area (Å²) in [6.45, 7) is 1.93. The van der Waals surface area contributed by atoms with Gasteiger partial charge in [0.1, 0.15) is 5.82 Å². The zero-order valence-corrected chi connectivity index (χ0v) is 15.3. The Morgan fingerprint density at radius 3 is 2.64 bits per heavy atom. The number of aromatic nitrogens is 3. The topological polar surface area (TPSA) is 101 Å². The molecule has 2 unspecified atom stereocenters. The Bertz CT molecular complexity index is 986. The number of pyridine rings is 1. The fourth-order valence-corrected chi connectivity index (χ4v) is 3.12. The number of hydrogen-bond acceptors (Lipinski definition) is 5. The molecular weight excluding hydrogens is 356 g/mol. The Hall–Kier alpha value is -3.52. The molecule has 1 fully saturated rings. The summed E-state index contributed by atoms with van der Waals surface area (Å²) in [5.74, 6) is 0.130. The van der Waals surface area contributed by atoms with E-state index in [9.17, 15) is 9.59 Å². The molecule has 0 radical (unpaired) electrons. The van der Waals surface area contributed by atoms with Crippen molar-refractivity contribution in [3.8, 4) is 11.3 Å². The number of amides is 2. The highest BCUT2D eigenvalue weighted by atomic mass is 16.2. The van der Waals surface area contributed by atoms with Gasteiger partial charge in [0.05, 0.1) is 5.69 Å². The fraction of sp³-hybridized carbons (Fsp3) is 0.200. The van der Waals surface area contributed by atoms with Crippen LogP contribution in [-0.2, 0) is 4.79 Å². The molecule has 0 aliphatic carbocycles. The lowest BCUT2D eigenvalue weighted by Crippen LogP contribution is -2.52. The van der Waals surface area contributed by atoms with Crippen molar-refractivity contribution in [1.29, 1.82) is 0 Å². The van der Waals surface area contributed by atoms with E-state index in [0.29, 0.717) is 23.5 Å². The molecule has 8 nitrogen and oxygen atoms in total. The number of nitrogens with one attached hydrogen (secondary N) is 3. The molecule has 3 N–H and O–H groups in total. The molecule has 2 amide bonds. The van der Waals surface area contributed by atoms with Gasteiger partial charge < -0.3 is 10.6 Å². The first-order valence-corrected chi connectivity index (χ1v) is 9.02. The molecule has 28 heavy (non-hydrogen) atoms. The van der Waals surface area contributed by atoms with Crippen LogP contribution in [0.5, 0.6) is 0 Å². The molecule has 0 bridgehead atoms. The highest BCUT2D eigenvalue weighted by molar-refractivity contribution is 6.04. The summed E-state index contributed by atoms with van der Waals surface area (Å²) in [6, 6.07) is 14.7. The third-order valence-corrected chi connectivity index (χ3v) is 4.47. The molecular formula is C20H20N6O2. The fourth-order valence-electron chi connectivity index (χ4n) is 3.12. The molecule has 142 valence electrons. The van der Waals surface area contributed by atoms with Crippen molar-refractivity contribution in [2.75, 3.05) is 5.32 Å². The molecule has 0 saturated carbocycles. The Balaban J connectivity index is 1.70. The van der Waals surface area contributed by atoms with Crippen LogP contribution in [0.4, 0.5) is 5.82 Å². The molecule has 1 aliphatic rings. The van der Waals surface area contributed by atoms with Crippen molar-refractivity contribution in [3.05, 3.63) is 66.5 Å². The first kappa shape index (κ1) is 17.9. The zero-order chi connectivity index (χ0) is 19.5. The van der Waals surface area contributed by atoms with Gasteiger partial charge in [-0.05, 0) is 19.1 Å². The standard InChI is InChI=1S/C20H20N6O2/c1-13-11-18(27)24-20(22-13)26-17(23-19(28)15-7-9-21-10-8-15)12-16(25-26)14-5-3-2-4-6-14/h2-10,12-13,20,22H,11H2,1H3,(H,23,28)(H,24,27). The Kier molecular flexibility index (Phi) is 4.86. The summed E-state index contributed by atoms with van der Waals surface area (Å²) in [5, 5.41) is 13.7. The SMILES string of the molecule is CC1CC(=O)NC(n2nc(-c3ccccc3)cc2NC(=O)c2ccncc2)N1. The maximum absolute atomic E-state index is 12.6. The molecule has 1 saturated heterocycles. The third-order valence-electron chi connectivity index (χ3n) is 4.47. The second-order valence-electron chi connectivity index (χ2n) is 6.66. The minimum Gasteiger partial charge on any atom is -0.322 e. The van der Waals surface area contributed by atoms with E-state index in [1.165, 1.54) is 0 Å². The van der Waals surface area contributed by atoms with Gasteiger partial charge >= 0.3 is 0 Å². The lowest BCUT2D eigenvalue weighted by molar-refractivity contribution is -0.125. The van der Waals surface area contributed by atoms with Crippen LogP contribution in [0, 0.1) is 0 Å². The molecule has 3 aromatic rings. The largest absolute Gasteiger partial charge is 0.322 e. The van der Waals surface area contributed by atoms with Gasteiger partial charge in [-0.2, -0.15) is 5.10 Å². The Morgan fingerprint density at radius 2 is 1.93 bits per heavy atom. The van der Waals surface area contributed by atoms with E-state index in [-0.39, 0.29) is 17.9 Å². The van der Waals surface area contributed by atoms with Gasteiger partial charge in [-0.3, -0.25) is 19.9 Å². The predicted octanol–water partition coefficient (Wildman–Crippen LogP) is 2.15. The van der Waals surface area contributed by atoms with Crippen LogP contribution in [0.1, 0.15) is 30.0 Å². The molecule has 1 aliphatic heterocycles. The molecule has 2 aromatic heterocycles. The van der Waals surface area contributed by atoms with E-state index < -0.39 is 6.29 Å². The van der Waals surface area contributed by atoms with Crippen molar-refractivity contribution in [2.24, 2.45) is 0 Å². The van der Waals surface area contributed by atoms with E-state index in [2.05, 4.69) is 26.0 Å². The smallest absolute Gasteiger partial charge is 0.256 e. The average molecular weight is 376 g/mol. The van der Waals surface area contributed by atoms with E-state index in [1.807, 2.05) is 37.3 Å². The van der Waals surface area contributed by atoms with Crippen LogP contribution in [0.25, 0.3) is 11.3 Å². The number of carbonyl (C=O) groups is 2. The molecule has 2 atom stereocenters. The van der Waals surface area contributed by atoms with Crippen LogP contribution >= 0.6 is 0 Å². The summed E-state index contributed by atoms with van der Waals surface area (Å²) in [5.41, 5.74) is 2.09. The number of nitrogens with zero attached hydrogens (tertiary/aromatic N) is 3. The van der Waals surface area contributed by atoms with Crippen molar-refractivity contribution in [2.45, 2.75) is 25.7 Å².